The lowest BCUT2D eigenvalue weighted by atomic mass is 10.2. The highest BCUT2D eigenvalue weighted by atomic mass is 32.1. The number of fused-ring (bicyclic) bond motifs is 1. The molecule has 2 rings (SSSR count). The Kier molecular flexibility index (Phi) is 3.69. The van der Waals surface area contributed by atoms with Crippen molar-refractivity contribution in [3.63, 3.8) is 0 Å². The average Bonchev–Trinajstić information content (AvgIpc) is 2.39. The third-order valence-electron chi connectivity index (χ3n) is 2.38. The number of aromatic amines is 1. The molecule has 0 atom stereocenters. The number of thiocarbonyl (C=S) groups is 1. The van der Waals surface area contributed by atoms with E-state index in [2.05, 4.69) is 20.8 Å². The van der Waals surface area contributed by atoms with Crippen LogP contribution in [0.5, 0.6) is 0 Å². The Morgan fingerprint density at radius 2 is 2.22 bits per heavy atom. The van der Waals surface area contributed by atoms with Crippen LogP contribution in [0.2, 0.25) is 0 Å². The maximum atomic E-state index is 11.8. The Labute approximate surface area is 109 Å². The zero-order valence-corrected chi connectivity index (χ0v) is 10.5. The summed E-state index contributed by atoms with van der Waals surface area (Å²) in [5.41, 5.74) is 3.68. The van der Waals surface area contributed by atoms with Crippen molar-refractivity contribution in [2.24, 2.45) is 5.10 Å². The van der Waals surface area contributed by atoms with Gasteiger partial charge in [-0.2, -0.15) is 5.10 Å². The van der Waals surface area contributed by atoms with Crippen LogP contribution in [0.15, 0.2) is 40.2 Å². The molecular formula is C12H12N4OS. The van der Waals surface area contributed by atoms with Crippen molar-refractivity contribution in [1.29, 1.82) is 0 Å². The van der Waals surface area contributed by atoms with Crippen LogP contribution >= 0.6 is 12.2 Å². The SMILES string of the molecule is CNC(=S)NN=Cc1cc2ccccc2[nH]c1=O. The number of hydrogen-bond donors (Lipinski definition) is 3. The molecule has 1 heterocycles. The number of pyridine rings is 1. The van der Waals surface area contributed by atoms with E-state index in [4.69, 9.17) is 12.2 Å². The van der Waals surface area contributed by atoms with Crippen molar-refractivity contribution < 1.29 is 0 Å². The molecule has 0 fully saturated rings. The summed E-state index contributed by atoms with van der Waals surface area (Å²) in [4.78, 5) is 14.5. The summed E-state index contributed by atoms with van der Waals surface area (Å²) in [7, 11) is 1.69. The highest BCUT2D eigenvalue weighted by molar-refractivity contribution is 7.80. The fourth-order valence-electron chi connectivity index (χ4n) is 1.48. The number of benzene rings is 1. The number of hydrazone groups is 1. The van der Waals surface area contributed by atoms with E-state index in [1.165, 1.54) is 6.21 Å². The Balaban J connectivity index is 2.31. The molecule has 1 aromatic carbocycles. The lowest BCUT2D eigenvalue weighted by molar-refractivity contribution is 0.981. The lowest BCUT2D eigenvalue weighted by Gasteiger charge is -2.00. The standard InChI is InChI=1S/C12H12N4OS/c1-13-12(18)16-14-7-9-6-8-4-2-3-5-10(8)15-11(9)17/h2-7H,1H3,(H,15,17)(H2,13,16,18). The van der Waals surface area contributed by atoms with Crippen LogP contribution in [0.25, 0.3) is 10.9 Å². The molecule has 0 saturated carbocycles. The van der Waals surface area contributed by atoms with Gasteiger partial charge in [-0.3, -0.25) is 10.2 Å². The Bertz CT molecular complexity index is 662. The molecule has 0 aliphatic carbocycles. The van der Waals surface area contributed by atoms with Gasteiger partial charge in [0, 0.05) is 12.6 Å². The Morgan fingerprint density at radius 3 is 3.00 bits per heavy atom. The van der Waals surface area contributed by atoms with Crippen molar-refractivity contribution in [3.05, 3.63) is 46.2 Å². The van der Waals surface area contributed by atoms with Crippen LogP contribution in [-0.2, 0) is 0 Å². The molecule has 0 saturated heterocycles. The fourth-order valence-corrected chi connectivity index (χ4v) is 1.53. The first kappa shape index (κ1) is 12.3. The average molecular weight is 260 g/mol. The van der Waals surface area contributed by atoms with Crippen LogP contribution in [0.4, 0.5) is 0 Å². The van der Waals surface area contributed by atoms with Crippen molar-refractivity contribution in [2.45, 2.75) is 0 Å². The fraction of sp³-hybridized carbons (Fsp3) is 0.0833. The van der Waals surface area contributed by atoms with E-state index < -0.39 is 0 Å². The Morgan fingerprint density at radius 1 is 1.44 bits per heavy atom. The molecule has 5 nitrogen and oxygen atoms in total. The molecule has 2 aromatic rings. The van der Waals surface area contributed by atoms with Crippen LogP contribution in [-0.4, -0.2) is 23.4 Å². The van der Waals surface area contributed by atoms with Gasteiger partial charge in [-0.1, -0.05) is 18.2 Å². The number of H-pyrrole nitrogens is 1. The van der Waals surface area contributed by atoms with Crippen molar-refractivity contribution in [1.82, 2.24) is 15.7 Å². The van der Waals surface area contributed by atoms with E-state index >= 15 is 0 Å². The topological polar surface area (TPSA) is 69.3 Å². The molecule has 0 bridgehead atoms. The molecule has 6 heteroatoms. The summed E-state index contributed by atoms with van der Waals surface area (Å²) in [6, 6.07) is 9.34. The second-order valence-electron chi connectivity index (χ2n) is 3.59. The smallest absolute Gasteiger partial charge is 0.257 e. The summed E-state index contributed by atoms with van der Waals surface area (Å²) in [6.07, 6.45) is 1.44. The first-order chi connectivity index (χ1) is 8.70. The van der Waals surface area contributed by atoms with Gasteiger partial charge in [0.1, 0.15) is 0 Å². The molecule has 0 unspecified atom stereocenters. The van der Waals surface area contributed by atoms with E-state index in [1.807, 2.05) is 24.3 Å². The summed E-state index contributed by atoms with van der Waals surface area (Å²) < 4.78 is 0. The molecule has 0 aliphatic heterocycles. The van der Waals surface area contributed by atoms with Crippen LogP contribution < -0.4 is 16.3 Å². The second-order valence-corrected chi connectivity index (χ2v) is 4.00. The van der Waals surface area contributed by atoms with E-state index in [9.17, 15) is 4.79 Å². The van der Waals surface area contributed by atoms with Gasteiger partial charge in [-0.05, 0) is 29.7 Å². The maximum Gasteiger partial charge on any atom is 0.257 e. The molecule has 0 radical (unpaired) electrons. The van der Waals surface area contributed by atoms with Gasteiger partial charge >= 0.3 is 0 Å². The van der Waals surface area contributed by atoms with Gasteiger partial charge < -0.3 is 10.3 Å². The third-order valence-corrected chi connectivity index (χ3v) is 2.67. The van der Waals surface area contributed by atoms with Crippen molar-refractivity contribution in [2.75, 3.05) is 7.05 Å². The molecule has 92 valence electrons. The van der Waals surface area contributed by atoms with Crippen LogP contribution in [0.3, 0.4) is 0 Å². The van der Waals surface area contributed by atoms with Crippen molar-refractivity contribution >= 4 is 34.4 Å². The highest BCUT2D eigenvalue weighted by Crippen LogP contribution is 2.08. The Hall–Kier alpha value is -2.21. The number of rotatable bonds is 2. The van der Waals surface area contributed by atoms with Gasteiger partial charge in [0.05, 0.1) is 11.8 Å². The summed E-state index contributed by atoms with van der Waals surface area (Å²) in [5, 5.41) is 7.94. The number of hydrogen-bond acceptors (Lipinski definition) is 3. The molecule has 1 aromatic heterocycles. The highest BCUT2D eigenvalue weighted by Gasteiger charge is 1.99. The summed E-state index contributed by atoms with van der Waals surface area (Å²) in [6.45, 7) is 0. The minimum absolute atomic E-state index is 0.186. The zero-order chi connectivity index (χ0) is 13.0. The number of aromatic nitrogens is 1. The van der Waals surface area contributed by atoms with Gasteiger partial charge in [-0.15, -0.1) is 0 Å². The maximum absolute atomic E-state index is 11.8. The molecular weight excluding hydrogens is 248 g/mol. The van der Waals surface area contributed by atoms with Gasteiger partial charge in [0.2, 0.25) is 0 Å². The van der Waals surface area contributed by atoms with Crippen LogP contribution in [0, 0.1) is 0 Å². The number of nitrogens with one attached hydrogen (secondary N) is 3. The minimum Gasteiger partial charge on any atom is -0.364 e. The van der Waals surface area contributed by atoms with E-state index in [0.29, 0.717) is 10.7 Å². The normalized spacial score (nSPS) is 10.7. The number of nitrogens with zero attached hydrogens (tertiary/aromatic N) is 1. The monoisotopic (exact) mass is 260 g/mol. The van der Waals surface area contributed by atoms with Crippen LogP contribution in [0.1, 0.15) is 5.56 Å². The quantitative estimate of drug-likeness (QED) is 0.427. The largest absolute Gasteiger partial charge is 0.364 e. The molecule has 0 spiro atoms. The predicted octanol–water partition coefficient (Wildman–Crippen LogP) is 0.956. The molecule has 18 heavy (non-hydrogen) atoms. The second kappa shape index (κ2) is 5.42. The summed E-state index contributed by atoms with van der Waals surface area (Å²) >= 11 is 4.86. The molecule has 3 N–H and O–H groups in total. The van der Waals surface area contributed by atoms with Crippen molar-refractivity contribution in [3.8, 4) is 0 Å². The third kappa shape index (κ3) is 2.72. The van der Waals surface area contributed by atoms with E-state index in [0.717, 1.165) is 10.9 Å². The lowest BCUT2D eigenvalue weighted by Crippen LogP contribution is -2.28. The first-order valence-corrected chi connectivity index (χ1v) is 5.74. The predicted molar refractivity (Wildman–Crippen MR) is 77.0 cm³/mol. The zero-order valence-electron chi connectivity index (χ0n) is 9.73. The van der Waals surface area contributed by atoms with E-state index in [-0.39, 0.29) is 5.56 Å². The van der Waals surface area contributed by atoms with Gasteiger partial charge in [0.25, 0.3) is 5.56 Å². The minimum atomic E-state index is -0.186. The summed E-state index contributed by atoms with van der Waals surface area (Å²) in [5.74, 6) is 0. The first-order valence-electron chi connectivity index (χ1n) is 5.33. The van der Waals surface area contributed by atoms with E-state index in [1.54, 1.807) is 13.1 Å². The van der Waals surface area contributed by atoms with Gasteiger partial charge in [-0.25, -0.2) is 0 Å². The molecule has 0 aliphatic rings. The number of para-hydroxylation sites is 1. The van der Waals surface area contributed by atoms with Gasteiger partial charge in [0.15, 0.2) is 5.11 Å². The molecule has 0 amide bonds.